The molecule has 0 saturated heterocycles. The zero-order valence-corrected chi connectivity index (χ0v) is 12.6. The number of rotatable bonds is 5. The van der Waals surface area contributed by atoms with Crippen LogP contribution >= 0.6 is 23.2 Å². The summed E-state index contributed by atoms with van der Waals surface area (Å²) in [5.41, 5.74) is 0.625. The Morgan fingerprint density at radius 1 is 1.37 bits per heavy atom. The molecule has 0 fully saturated rings. The first-order chi connectivity index (χ1) is 8.86. The molecule has 0 unspecified atom stereocenters. The van der Waals surface area contributed by atoms with E-state index in [4.69, 9.17) is 23.2 Å². The van der Waals surface area contributed by atoms with Gasteiger partial charge in [0.1, 0.15) is 11.9 Å². The highest BCUT2D eigenvalue weighted by Gasteiger charge is 2.22. The van der Waals surface area contributed by atoms with Crippen molar-refractivity contribution < 1.29 is 14.5 Å². The summed E-state index contributed by atoms with van der Waals surface area (Å²) in [7, 11) is 0. The molecule has 1 amide bonds. The van der Waals surface area contributed by atoms with Gasteiger partial charge in [-0.25, -0.2) is 4.39 Å². The van der Waals surface area contributed by atoms with Crippen molar-refractivity contribution in [2.75, 3.05) is 6.54 Å². The minimum atomic E-state index is -0.507. The number of nitrogens with one attached hydrogen (secondary N) is 1. The Bertz CT molecular complexity index is 468. The number of carbonyl (C=O) groups excluding carboxylic acids is 1. The maximum atomic E-state index is 13.5. The molecule has 1 rings (SSSR count). The van der Waals surface area contributed by atoms with Crippen molar-refractivity contribution in [3.8, 4) is 0 Å². The lowest BCUT2D eigenvalue weighted by Crippen LogP contribution is -2.92. The third-order valence-electron chi connectivity index (χ3n) is 2.87. The summed E-state index contributed by atoms with van der Waals surface area (Å²) in [4.78, 5) is 11.6. The van der Waals surface area contributed by atoms with Gasteiger partial charge in [-0.05, 0) is 32.9 Å². The molecule has 106 valence electrons. The molecule has 0 aliphatic heterocycles. The smallest absolute Gasteiger partial charge is 0.277 e. The predicted molar refractivity (Wildman–Crippen MR) is 74.9 cm³/mol. The quantitative estimate of drug-likeness (QED) is 0.806. The summed E-state index contributed by atoms with van der Waals surface area (Å²) < 4.78 is 13.5. The Morgan fingerprint density at radius 2 is 2.00 bits per heavy atom. The number of likely N-dealkylation sites (N-methyl/N-ethyl adjacent to an activating group) is 1. The van der Waals surface area contributed by atoms with Crippen LogP contribution in [-0.2, 0) is 4.79 Å². The number of hydrogen-bond acceptors (Lipinski definition) is 1. The van der Waals surface area contributed by atoms with Gasteiger partial charge >= 0.3 is 0 Å². The van der Waals surface area contributed by atoms with Crippen molar-refractivity contribution in [1.82, 2.24) is 5.32 Å². The summed E-state index contributed by atoms with van der Waals surface area (Å²) >= 11 is 11.7. The van der Waals surface area contributed by atoms with Gasteiger partial charge in [-0.2, -0.15) is 0 Å². The van der Waals surface area contributed by atoms with Gasteiger partial charge in [0.05, 0.1) is 10.0 Å². The molecule has 2 atom stereocenters. The summed E-state index contributed by atoms with van der Waals surface area (Å²) in [6.07, 6.45) is 0. The number of benzene rings is 1. The molecule has 1 aromatic rings. The molecule has 6 heteroatoms. The third-order valence-corrected chi connectivity index (χ3v) is 3.49. The lowest BCUT2D eigenvalue weighted by molar-refractivity contribution is -0.710. The first kappa shape index (κ1) is 16.2. The second-order valence-corrected chi connectivity index (χ2v) is 5.27. The molecule has 0 saturated carbocycles. The molecule has 0 heterocycles. The van der Waals surface area contributed by atoms with E-state index in [0.717, 1.165) is 0 Å². The maximum absolute atomic E-state index is 13.5. The molecule has 0 aliphatic rings. The SMILES string of the molecule is CCNC(=O)[C@H](C)[NH2+][C@@H](C)c1cc(F)c(Cl)cc1Cl. The van der Waals surface area contributed by atoms with Crippen LogP contribution in [0, 0.1) is 5.82 Å². The highest BCUT2D eigenvalue weighted by Crippen LogP contribution is 2.27. The van der Waals surface area contributed by atoms with E-state index >= 15 is 0 Å². The van der Waals surface area contributed by atoms with E-state index < -0.39 is 5.82 Å². The van der Waals surface area contributed by atoms with E-state index in [1.54, 1.807) is 6.92 Å². The van der Waals surface area contributed by atoms with Gasteiger partial charge in [0.25, 0.3) is 5.91 Å². The largest absolute Gasteiger partial charge is 0.351 e. The van der Waals surface area contributed by atoms with Crippen LogP contribution in [0.4, 0.5) is 4.39 Å². The fraction of sp³-hybridized carbons (Fsp3) is 0.462. The summed E-state index contributed by atoms with van der Waals surface area (Å²) in [6, 6.07) is 2.28. The monoisotopic (exact) mass is 307 g/mol. The number of halogens is 3. The van der Waals surface area contributed by atoms with Crippen molar-refractivity contribution in [2.45, 2.75) is 32.9 Å². The van der Waals surface area contributed by atoms with Crippen molar-refractivity contribution in [3.05, 3.63) is 33.6 Å². The Balaban J connectivity index is 2.81. The Hall–Kier alpha value is -0.840. The van der Waals surface area contributed by atoms with E-state index in [0.29, 0.717) is 17.1 Å². The van der Waals surface area contributed by atoms with Crippen molar-refractivity contribution in [1.29, 1.82) is 0 Å². The number of nitrogens with two attached hydrogens (primary N) is 1. The van der Waals surface area contributed by atoms with Crippen LogP contribution in [0.3, 0.4) is 0 Å². The lowest BCUT2D eigenvalue weighted by atomic mass is 10.1. The van der Waals surface area contributed by atoms with Crippen molar-refractivity contribution >= 4 is 29.1 Å². The normalized spacial score (nSPS) is 14.0. The van der Waals surface area contributed by atoms with Crippen LogP contribution in [0.25, 0.3) is 0 Å². The molecule has 0 aliphatic carbocycles. The maximum Gasteiger partial charge on any atom is 0.277 e. The number of carbonyl (C=O) groups is 1. The number of quaternary nitrogens is 1. The Morgan fingerprint density at radius 3 is 2.58 bits per heavy atom. The Kier molecular flexibility index (Phi) is 6.04. The van der Waals surface area contributed by atoms with E-state index in [1.165, 1.54) is 12.1 Å². The van der Waals surface area contributed by atoms with Gasteiger partial charge in [-0.3, -0.25) is 4.79 Å². The topological polar surface area (TPSA) is 45.7 Å². The molecule has 0 radical (unpaired) electrons. The standard InChI is InChI=1S/C13H17Cl2FN2O/c1-4-17-13(19)8(3)18-7(2)9-5-12(16)11(15)6-10(9)14/h5-8,18H,4H2,1-3H3,(H,17,19)/p+1/t7-,8-/m0/s1. The average Bonchev–Trinajstić information content (AvgIpc) is 2.33. The summed E-state index contributed by atoms with van der Waals surface area (Å²) in [5, 5.41) is 4.97. The second kappa shape index (κ2) is 7.08. The molecule has 3 nitrogen and oxygen atoms in total. The van der Waals surface area contributed by atoms with Gasteiger partial charge in [0.2, 0.25) is 0 Å². The fourth-order valence-corrected chi connectivity index (χ4v) is 2.40. The molecule has 3 N–H and O–H groups in total. The van der Waals surface area contributed by atoms with Gasteiger partial charge < -0.3 is 10.6 Å². The molecule has 0 bridgehead atoms. The van der Waals surface area contributed by atoms with Crippen LogP contribution < -0.4 is 10.6 Å². The van der Waals surface area contributed by atoms with Gasteiger partial charge in [0.15, 0.2) is 6.04 Å². The Labute approximate surface area is 122 Å². The molecular formula is C13H18Cl2FN2O+. The molecule has 0 aromatic heterocycles. The van der Waals surface area contributed by atoms with Crippen molar-refractivity contribution in [2.24, 2.45) is 0 Å². The average molecular weight is 308 g/mol. The molecule has 19 heavy (non-hydrogen) atoms. The second-order valence-electron chi connectivity index (χ2n) is 4.45. The minimum absolute atomic E-state index is 0.00211. The van der Waals surface area contributed by atoms with Gasteiger partial charge in [-0.1, -0.05) is 23.2 Å². The zero-order chi connectivity index (χ0) is 14.6. The van der Waals surface area contributed by atoms with E-state index in [-0.39, 0.29) is 23.0 Å². The minimum Gasteiger partial charge on any atom is -0.351 e. The first-order valence-electron chi connectivity index (χ1n) is 6.14. The third kappa shape index (κ3) is 4.34. The van der Waals surface area contributed by atoms with Crippen molar-refractivity contribution in [3.63, 3.8) is 0 Å². The fourth-order valence-electron chi connectivity index (χ4n) is 1.85. The lowest BCUT2D eigenvalue weighted by Gasteiger charge is -2.17. The van der Waals surface area contributed by atoms with Gasteiger partial charge in [0, 0.05) is 12.1 Å². The predicted octanol–water partition coefficient (Wildman–Crippen LogP) is 2.28. The van der Waals surface area contributed by atoms with E-state index in [9.17, 15) is 9.18 Å². The highest BCUT2D eigenvalue weighted by atomic mass is 35.5. The summed E-state index contributed by atoms with van der Waals surface area (Å²) in [6.45, 7) is 6.10. The highest BCUT2D eigenvalue weighted by molar-refractivity contribution is 6.35. The van der Waals surface area contributed by atoms with E-state index in [1.807, 2.05) is 19.2 Å². The van der Waals surface area contributed by atoms with Crippen LogP contribution in [0.2, 0.25) is 10.0 Å². The van der Waals surface area contributed by atoms with E-state index in [2.05, 4.69) is 5.32 Å². The van der Waals surface area contributed by atoms with Crippen LogP contribution in [0.1, 0.15) is 32.4 Å². The van der Waals surface area contributed by atoms with Crippen LogP contribution in [-0.4, -0.2) is 18.5 Å². The number of hydrogen-bond donors (Lipinski definition) is 2. The molecule has 0 spiro atoms. The summed E-state index contributed by atoms with van der Waals surface area (Å²) in [5.74, 6) is -0.563. The number of amides is 1. The van der Waals surface area contributed by atoms with Crippen LogP contribution in [0.5, 0.6) is 0 Å². The molecular weight excluding hydrogens is 290 g/mol. The van der Waals surface area contributed by atoms with Gasteiger partial charge in [-0.15, -0.1) is 0 Å². The van der Waals surface area contributed by atoms with Crippen LogP contribution in [0.15, 0.2) is 12.1 Å². The first-order valence-corrected chi connectivity index (χ1v) is 6.89. The zero-order valence-electron chi connectivity index (χ0n) is 11.1. The molecule has 1 aromatic carbocycles.